The van der Waals surface area contributed by atoms with Crippen molar-refractivity contribution < 1.29 is 23.1 Å². The fourth-order valence-corrected chi connectivity index (χ4v) is 1.16. The van der Waals surface area contributed by atoms with Crippen LogP contribution in [-0.2, 0) is 6.18 Å². The second-order valence-electron chi connectivity index (χ2n) is 2.44. The van der Waals surface area contributed by atoms with Gasteiger partial charge in [0.25, 0.3) is 0 Å². The molecule has 0 aliphatic heterocycles. The van der Waals surface area contributed by atoms with Crippen LogP contribution in [0.4, 0.5) is 23.8 Å². The second-order valence-corrected chi connectivity index (χ2v) is 2.85. The fraction of sp³-hybridized carbons (Fsp3) is 0.143. The van der Waals surface area contributed by atoms with E-state index in [1.54, 1.807) is 0 Å². The Labute approximate surface area is 86.7 Å². The number of carboxylic acid groups (broad SMARTS) is 1. The minimum Gasteiger partial charge on any atom is -0.465 e. The molecule has 0 bridgehead atoms. The van der Waals surface area contributed by atoms with Gasteiger partial charge in [-0.05, 0) is 6.07 Å². The van der Waals surface area contributed by atoms with Gasteiger partial charge in [-0.1, -0.05) is 11.6 Å². The van der Waals surface area contributed by atoms with Gasteiger partial charge in [0.15, 0.2) is 0 Å². The molecule has 0 radical (unpaired) electrons. The van der Waals surface area contributed by atoms with Gasteiger partial charge in [-0.15, -0.1) is 0 Å². The molecular formula is C7H4ClF3N2O2. The number of amides is 1. The number of anilines is 1. The van der Waals surface area contributed by atoms with Crippen molar-refractivity contribution in [3.05, 3.63) is 22.8 Å². The topological polar surface area (TPSA) is 62.2 Å². The molecule has 82 valence electrons. The predicted molar refractivity (Wildman–Crippen MR) is 45.9 cm³/mol. The van der Waals surface area contributed by atoms with E-state index in [1.165, 1.54) is 5.32 Å². The highest BCUT2D eigenvalue weighted by molar-refractivity contribution is 6.31. The number of nitrogens with zero attached hydrogens (tertiary/aromatic N) is 1. The van der Waals surface area contributed by atoms with Crippen molar-refractivity contribution in [2.75, 3.05) is 5.32 Å². The molecule has 1 amide bonds. The van der Waals surface area contributed by atoms with E-state index in [0.29, 0.717) is 0 Å². The summed E-state index contributed by atoms with van der Waals surface area (Å²) in [5.41, 5.74) is -1.30. The fourth-order valence-electron chi connectivity index (χ4n) is 0.904. The summed E-state index contributed by atoms with van der Waals surface area (Å²) in [5, 5.41) is 9.20. The normalized spacial score (nSPS) is 11.2. The molecule has 0 aliphatic rings. The van der Waals surface area contributed by atoms with Gasteiger partial charge in [-0.3, -0.25) is 5.32 Å². The summed E-state index contributed by atoms with van der Waals surface area (Å²) in [4.78, 5) is 13.4. The Morgan fingerprint density at radius 1 is 1.53 bits per heavy atom. The molecule has 0 saturated heterocycles. The lowest BCUT2D eigenvalue weighted by Gasteiger charge is -2.12. The lowest BCUT2D eigenvalue weighted by atomic mass is 10.2. The van der Waals surface area contributed by atoms with Crippen LogP contribution in [0.3, 0.4) is 0 Å². The third-order valence-corrected chi connectivity index (χ3v) is 1.72. The molecule has 1 heterocycles. The van der Waals surface area contributed by atoms with Crippen molar-refractivity contribution in [3.63, 3.8) is 0 Å². The monoisotopic (exact) mass is 240 g/mol. The number of alkyl halides is 3. The largest absolute Gasteiger partial charge is 0.465 e. The van der Waals surface area contributed by atoms with Crippen LogP contribution in [0, 0.1) is 0 Å². The zero-order chi connectivity index (χ0) is 11.6. The number of hydrogen-bond acceptors (Lipinski definition) is 2. The molecule has 0 atom stereocenters. The van der Waals surface area contributed by atoms with Gasteiger partial charge < -0.3 is 5.11 Å². The number of aromatic nitrogens is 1. The molecule has 0 fully saturated rings. The molecular weight excluding hydrogens is 237 g/mol. The highest BCUT2D eigenvalue weighted by atomic mass is 35.5. The van der Waals surface area contributed by atoms with E-state index in [1.807, 2.05) is 0 Å². The summed E-state index contributed by atoms with van der Waals surface area (Å²) >= 11 is 5.30. The second kappa shape index (κ2) is 3.93. The maximum Gasteiger partial charge on any atom is 0.421 e. The van der Waals surface area contributed by atoms with Crippen LogP contribution in [0.25, 0.3) is 0 Å². The Morgan fingerprint density at radius 3 is 2.60 bits per heavy atom. The van der Waals surface area contributed by atoms with E-state index in [0.717, 1.165) is 12.3 Å². The molecule has 1 aromatic heterocycles. The van der Waals surface area contributed by atoms with Crippen molar-refractivity contribution in [3.8, 4) is 0 Å². The zero-order valence-electron chi connectivity index (χ0n) is 6.97. The highest BCUT2D eigenvalue weighted by Gasteiger charge is 2.37. The number of hydrogen-bond donors (Lipinski definition) is 2. The first-order valence-electron chi connectivity index (χ1n) is 3.54. The molecule has 0 unspecified atom stereocenters. The van der Waals surface area contributed by atoms with Crippen molar-refractivity contribution in [1.82, 2.24) is 4.98 Å². The third kappa shape index (κ3) is 2.72. The van der Waals surface area contributed by atoms with Gasteiger partial charge in [0.05, 0.1) is 5.02 Å². The molecule has 1 rings (SSSR count). The molecule has 8 heteroatoms. The predicted octanol–water partition coefficient (Wildman–Crippen LogP) is 2.84. The molecule has 0 saturated carbocycles. The van der Waals surface area contributed by atoms with Gasteiger partial charge in [0.2, 0.25) is 0 Å². The summed E-state index contributed by atoms with van der Waals surface area (Å²) < 4.78 is 37.2. The van der Waals surface area contributed by atoms with E-state index in [9.17, 15) is 18.0 Å². The van der Waals surface area contributed by atoms with Gasteiger partial charge in [0, 0.05) is 6.20 Å². The Hall–Kier alpha value is -1.50. The number of rotatable bonds is 1. The summed E-state index contributed by atoms with van der Waals surface area (Å²) in [6.07, 6.45) is -5.43. The maximum absolute atomic E-state index is 12.4. The first-order chi connectivity index (χ1) is 6.82. The van der Waals surface area contributed by atoms with Crippen molar-refractivity contribution >= 4 is 23.5 Å². The first-order valence-corrected chi connectivity index (χ1v) is 3.92. The molecule has 15 heavy (non-hydrogen) atoms. The van der Waals surface area contributed by atoms with E-state index in [4.69, 9.17) is 16.7 Å². The molecule has 0 aliphatic carbocycles. The molecule has 1 aromatic rings. The van der Waals surface area contributed by atoms with Gasteiger partial charge in [-0.2, -0.15) is 13.2 Å². The lowest BCUT2D eigenvalue weighted by Crippen LogP contribution is -2.16. The van der Waals surface area contributed by atoms with Crippen molar-refractivity contribution in [1.29, 1.82) is 0 Å². The minimum absolute atomic E-state index is 0.610. The van der Waals surface area contributed by atoms with Crippen LogP contribution in [-0.4, -0.2) is 16.2 Å². The standard InChI is InChI=1S/C7H4ClF3N2O2/c8-3-1-2-12-5(13-6(14)15)4(3)7(9,10)11/h1-2H,(H,12,13)(H,14,15). The van der Waals surface area contributed by atoms with Crippen LogP contribution < -0.4 is 5.32 Å². The first kappa shape index (κ1) is 11.6. The Kier molecular flexibility index (Phi) is 3.04. The van der Waals surface area contributed by atoms with Gasteiger partial charge >= 0.3 is 12.3 Å². The van der Waals surface area contributed by atoms with E-state index >= 15 is 0 Å². The van der Waals surface area contributed by atoms with Crippen LogP contribution in [0.1, 0.15) is 5.56 Å². The Morgan fingerprint density at radius 2 is 2.13 bits per heavy atom. The van der Waals surface area contributed by atoms with Gasteiger partial charge in [-0.25, -0.2) is 9.78 Å². The van der Waals surface area contributed by atoms with Crippen LogP contribution in [0.5, 0.6) is 0 Å². The van der Waals surface area contributed by atoms with E-state index in [2.05, 4.69) is 4.98 Å². The lowest BCUT2D eigenvalue weighted by molar-refractivity contribution is -0.137. The molecule has 0 spiro atoms. The molecule has 2 N–H and O–H groups in total. The number of nitrogens with one attached hydrogen (secondary N) is 1. The average Bonchev–Trinajstić information content (AvgIpc) is 1.99. The summed E-state index contributed by atoms with van der Waals surface area (Å²) in [6.45, 7) is 0. The average molecular weight is 241 g/mol. The summed E-state index contributed by atoms with van der Waals surface area (Å²) in [6, 6.07) is 0.928. The Bertz CT molecular complexity index is 394. The van der Waals surface area contributed by atoms with Crippen LogP contribution >= 0.6 is 11.6 Å². The highest BCUT2D eigenvalue weighted by Crippen LogP contribution is 2.38. The summed E-state index contributed by atoms with van der Waals surface area (Å²) in [7, 11) is 0. The van der Waals surface area contributed by atoms with Crippen molar-refractivity contribution in [2.24, 2.45) is 0 Å². The Balaban J connectivity index is 3.27. The van der Waals surface area contributed by atoms with E-state index < -0.39 is 28.7 Å². The quantitative estimate of drug-likeness (QED) is 0.793. The molecule has 4 nitrogen and oxygen atoms in total. The van der Waals surface area contributed by atoms with Crippen LogP contribution in [0.15, 0.2) is 12.3 Å². The third-order valence-electron chi connectivity index (χ3n) is 1.41. The number of pyridine rings is 1. The summed E-state index contributed by atoms with van der Waals surface area (Å²) in [5.74, 6) is -0.831. The SMILES string of the molecule is O=C(O)Nc1nccc(Cl)c1C(F)(F)F. The smallest absolute Gasteiger partial charge is 0.421 e. The van der Waals surface area contributed by atoms with Crippen molar-refractivity contribution in [2.45, 2.75) is 6.18 Å². The molecule has 0 aromatic carbocycles. The van der Waals surface area contributed by atoms with Crippen LogP contribution in [0.2, 0.25) is 5.02 Å². The maximum atomic E-state index is 12.4. The zero-order valence-corrected chi connectivity index (χ0v) is 7.73. The minimum atomic E-state index is -4.76. The van der Waals surface area contributed by atoms with Gasteiger partial charge in [0.1, 0.15) is 11.4 Å². The van der Waals surface area contributed by atoms with E-state index in [-0.39, 0.29) is 0 Å². The number of halogens is 4. The number of carbonyl (C=O) groups is 1.